The van der Waals surface area contributed by atoms with E-state index in [-0.39, 0.29) is 0 Å². The molecule has 298 valence electrons. The molecule has 62 heavy (non-hydrogen) atoms. The molecule has 0 atom stereocenters. The monoisotopic (exact) mass is 814 g/mol. The fraction of sp³-hybridized carbons (Fsp3) is 0.0847. The van der Waals surface area contributed by atoms with Crippen LogP contribution < -0.4 is 9.80 Å². The number of aryl methyl sites for hydroxylation is 1. The maximum Gasteiger partial charge on any atom is 0.0540 e. The summed E-state index contributed by atoms with van der Waals surface area (Å²) in [5.74, 6) is 0. The first kappa shape index (κ1) is 37.8. The highest BCUT2D eigenvalue weighted by Gasteiger charge is 2.19. The van der Waals surface area contributed by atoms with E-state index >= 15 is 0 Å². The average molecular weight is 815 g/mol. The lowest BCUT2D eigenvalue weighted by Crippen LogP contribution is -2.13. The topological polar surface area (TPSA) is 6.48 Å². The molecule has 0 radical (unpaired) electrons. The molecule has 11 rings (SSSR count). The third-order valence-corrected chi connectivity index (χ3v) is 14.0. The second-order valence-corrected chi connectivity index (χ2v) is 17.7. The average Bonchev–Trinajstić information content (AvgIpc) is 3.69. The Morgan fingerprint density at radius 1 is 0.452 bits per heavy atom. The van der Waals surface area contributed by atoms with Crippen LogP contribution in [0.15, 0.2) is 206 Å². The number of hydrogen-bond donors (Lipinski definition) is 0. The van der Waals surface area contributed by atoms with Gasteiger partial charge in [0.2, 0.25) is 0 Å². The molecule has 3 heteroatoms. The van der Waals surface area contributed by atoms with Gasteiger partial charge in [-0.2, -0.15) is 0 Å². The van der Waals surface area contributed by atoms with E-state index in [9.17, 15) is 0 Å². The maximum absolute atomic E-state index is 2.40. The third-order valence-electron chi connectivity index (χ3n) is 12.8. The van der Waals surface area contributed by atoms with Gasteiger partial charge in [0.25, 0.3) is 0 Å². The zero-order chi connectivity index (χ0) is 41.7. The number of allylic oxidation sites excluding steroid dienone is 4. The minimum Gasteiger partial charge on any atom is -0.345 e. The number of thiophene rings is 1. The molecular formula is C59H46N2S. The van der Waals surface area contributed by atoms with Gasteiger partial charge in [0.1, 0.15) is 0 Å². The van der Waals surface area contributed by atoms with Crippen molar-refractivity contribution in [2.45, 2.75) is 26.7 Å². The Morgan fingerprint density at radius 2 is 1.06 bits per heavy atom. The molecule has 2 nitrogen and oxygen atoms in total. The van der Waals surface area contributed by atoms with Gasteiger partial charge in [-0.05, 0) is 154 Å². The Hall–Kier alpha value is -7.20. The molecule has 10 aromatic rings. The Kier molecular flexibility index (Phi) is 9.55. The Balaban J connectivity index is 0.957. The Labute approximate surface area is 368 Å². The second kappa shape index (κ2) is 15.7. The molecule has 1 heterocycles. The summed E-state index contributed by atoms with van der Waals surface area (Å²) in [6.07, 6.45) is 6.79. The van der Waals surface area contributed by atoms with E-state index in [2.05, 4.69) is 231 Å². The SMILES string of the molecule is CC1=C(c2ccc(-c3ccc4sc5ccc(N(C)c6cccc(N(c7ccc(-c8cccc9ccccc89)cc7)c7cccc8ccccc78)c6)cc5c4c3)cc2C)CCC=C1. The van der Waals surface area contributed by atoms with Gasteiger partial charge in [-0.1, -0.05) is 133 Å². The number of nitrogens with zero attached hydrogens (tertiary/aromatic N) is 2. The highest BCUT2D eigenvalue weighted by Crippen LogP contribution is 2.43. The van der Waals surface area contributed by atoms with Crippen molar-refractivity contribution in [3.8, 4) is 22.3 Å². The van der Waals surface area contributed by atoms with Crippen molar-refractivity contribution < 1.29 is 0 Å². The van der Waals surface area contributed by atoms with Crippen molar-refractivity contribution in [2.75, 3.05) is 16.8 Å². The van der Waals surface area contributed by atoms with Crippen LogP contribution in [0.4, 0.5) is 28.4 Å². The summed E-state index contributed by atoms with van der Waals surface area (Å²) in [4.78, 5) is 4.72. The number of hydrogen-bond acceptors (Lipinski definition) is 3. The minimum atomic E-state index is 1.10. The van der Waals surface area contributed by atoms with Crippen molar-refractivity contribution in [2.24, 2.45) is 0 Å². The van der Waals surface area contributed by atoms with Crippen LogP contribution in [0.5, 0.6) is 0 Å². The fourth-order valence-corrected chi connectivity index (χ4v) is 10.6. The quantitative estimate of drug-likeness (QED) is 0.151. The van der Waals surface area contributed by atoms with Crippen molar-refractivity contribution in [1.29, 1.82) is 0 Å². The zero-order valence-corrected chi connectivity index (χ0v) is 36.1. The predicted molar refractivity (Wildman–Crippen MR) is 270 cm³/mol. The summed E-state index contributed by atoms with van der Waals surface area (Å²) in [5, 5.41) is 7.53. The van der Waals surface area contributed by atoms with Crippen molar-refractivity contribution in [3.63, 3.8) is 0 Å². The Morgan fingerprint density at radius 3 is 1.87 bits per heavy atom. The van der Waals surface area contributed by atoms with E-state index in [0.717, 1.165) is 41.3 Å². The van der Waals surface area contributed by atoms with E-state index in [4.69, 9.17) is 0 Å². The summed E-state index contributed by atoms with van der Waals surface area (Å²) in [6, 6.07) is 69.4. The lowest BCUT2D eigenvalue weighted by atomic mass is 9.88. The molecule has 0 unspecified atom stereocenters. The van der Waals surface area contributed by atoms with Crippen LogP contribution in [-0.4, -0.2) is 7.05 Å². The second-order valence-electron chi connectivity index (χ2n) is 16.6. The molecule has 0 fully saturated rings. The molecule has 0 saturated carbocycles. The van der Waals surface area contributed by atoms with Crippen molar-refractivity contribution >= 4 is 87.1 Å². The number of benzene rings is 9. The summed E-state index contributed by atoms with van der Waals surface area (Å²) >= 11 is 1.87. The first-order valence-corrected chi connectivity index (χ1v) is 22.4. The van der Waals surface area contributed by atoms with E-state index in [1.165, 1.54) is 86.2 Å². The molecular weight excluding hydrogens is 769 g/mol. The van der Waals surface area contributed by atoms with Gasteiger partial charge < -0.3 is 9.80 Å². The van der Waals surface area contributed by atoms with Crippen LogP contribution >= 0.6 is 11.3 Å². The number of anilines is 5. The minimum absolute atomic E-state index is 1.10. The lowest BCUT2D eigenvalue weighted by Gasteiger charge is -2.29. The van der Waals surface area contributed by atoms with Crippen LogP contribution in [0.1, 0.15) is 30.9 Å². The van der Waals surface area contributed by atoms with Crippen LogP contribution in [0, 0.1) is 6.92 Å². The first-order chi connectivity index (χ1) is 30.5. The zero-order valence-electron chi connectivity index (χ0n) is 35.3. The van der Waals surface area contributed by atoms with Crippen LogP contribution in [0.3, 0.4) is 0 Å². The molecule has 1 aliphatic carbocycles. The van der Waals surface area contributed by atoms with E-state index < -0.39 is 0 Å². The fourth-order valence-electron chi connectivity index (χ4n) is 9.56. The lowest BCUT2D eigenvalue weighted by molar-refractivity contribution is 1.03. The van der Waals surface area contributed by atoms with Gasteiger partial charge in [-0.15, -0.1) is 11.3 Å². The maximum atomic E-state index is 2.40. The standard InChI is InChI=1S/C59H46N2S/c1-39-13-4-7-20-50(39)51-32-27-44(35-40(51)2)45-28-33-58-55(36-45)56-38-48(31-34-59(56)62-58)60(3)47-18-12-19-49(37-47)61(57-24-11-17-42-15-6-9-22-54(42)57)46-29-25-43(26-30-46)53-23-10-16-41-14-5-8-21-52(41)53/h4-6,8-19,21-38H,7,20H2,1-3H3. The molecule has 1 aromatic heterocycles. The van der Waals surface area contributed by atoms with Gasteiger partial charge in [0, 0.05) is 55.4 Å². The smallest absolute Gasteiger partial charge is 0.0540 e. The summed E-state index contributed by atoms with van der Waals surface area (Å²) in [5.41, 5.74) is 16.2. The predicted octanol–water partition coefficient (Wildman–Crippen LogP) is 17.4. The largest absolute Gasteiger partial charge is 0.345 e. The van der Waals surface area contributed by atoms with E-state index in [0.29, 0.717) is 0 Å². The number of fused-ring (bicyclic) bond motifs is 5. The summed E-state index contributed by atoms with van der Waals surface area (Å²) in [6.45, 7) is 4.50. The van der Waals surface area contributed by atoms with Crippen LogP contribution in [-0.2, 0) is 0 Å². The van der Waals surface area contributed by atoms with Crippen LogP contribution in [0.25, 0.3) is 69.5 Å². The van der Waals surface area contributed by atoms with Gasteiger partial charge in [-0.3, -0.25) is 0 Å². The van der Waals surface area contributed by atoms with Crippen molar-refractivity contribution in [1.82, 2.24) is 0 Å². The molecule has 0 N–H and O–H groups in total. The highest BCUT2D eigenvalue weighted by molar-refractivity contribution is 7.25. The van der Waals surface area contributed by atoms with Crippen LogP contribution in [0.2, 0.25) is 0 Å². The normalized spacial score (nSPS) is 12.8. The molecule has 0 spiro atoms. The van der Waals surface area contributed by atoms with E-state index in [1.807, 2.05) is 11.3 Å². The van der Waals surface area contributed by atoms with Gasteiger partial charge in [-0.25, -0.2) is 0 Å². The summed E-state index contributed by atoms with van der Waals surface area (Å²) in [7, 11) is 2.19. The first-order valence-electron chi connectivity index (χ1n) is 21.6. The molecule has 0 saturated heterocycles. The van der Waals surface area contributed by atoms with Gasteiger partial charge in [0.05, 0.1) is 5.69 Å². The molecule has 0 bridgehead atoms. The summed E-state index contributed by atoms with van der Waals surface area (Å²) < 4.78 is 2.61. The molecule has 1 aliphatic rings. The molecule has 0 amide bonds. The number of rotatable bonds is 8. The van der Waals surface area contributed by atoms with E-state index in [1.54, 1.807) is 0 Å². The Bertz CT molecular complexity index is 3390. The highest BCUT2D eigenvalue weighted by atomic mass is 32.1. The van der Waals surface area contributed by atoms with Gasteiger partial charge >= 0.3 is 0 Å². The van der Waals surface area contributed by atoms with Gasteiger partial charge in [0.15, 0.2) is 0 Å². The molecule has 0 aliphatic heterocycles. The third kappa shape index (κ3) is 6.76. The van der Waals surface area contributed by atoms with Crippen molar-refractivity contribution in [3.05, 3.63) is 217 Å². The molecule has 9 aromatic carbocycles.